The molecule has 0 bridgehead atoms. The minimum atomic E-state index is 0.0336. The van der Waals surface area contributed by atoms with E-state index in [4.69, 9.17) is 0 Å². The summed E-state index contributed by atoms with van der Waals surface area (Å²) in [6.45, 7) is 2.79. The minimum Gasteiger partial charge on any atom is -0.352 e. The van der Waals surface area contributed by atoms with Crippen molar-refractivity contribution in [3.8, 4) is 0 Å². The molecule has 64 valence electrons. The fourth-order valence-corrected chi connectivity index (χ4v) is 1.08. The van der Waals surface area contributed by atoms with Gasteiger partial charge in [0.15, 0.2) is 0 Å². The lowest BCUT2D eigenvalue weighted by Gasteiger charge is -2.01. The fourth-order valence-electron chi connectivity index (χ4n) is 0.402. The monoisotopic (exact) mass is 491 g/mol. The first-order valence-corrected chi connectivity index (χ1v) is 6.32. The standard InChI is InChI=1S/C6H8I3NO/c1-2-3-10-6(11)4(7)5(8)9/h2-3H2,1H3,(H,10,11). The molecule has 0 heterocycles. The predicted molar refractivity (Wildman–Crippen MR) is 72.4 cm³/mol. The molecule has 1 amide bonds. The van der Waals surface area contributed by atoms with Gasteiger partial charge in [-0.25, -0.2) is 0 Å². The summed E-state index contributed by atoms with van der Waals surface area (Å²) in [5.74, 6) is 0.0336. The lowest BCUT2D eigenvalue weighted by atomic mass is 10.4. The molecule has 1 N–H and O–H groups in total. The van der Waals surface area contributed by atoms with Crippen molar-refractivity contribution in [2.75, 3.05) is 6.54 Å². The lowest BCUT2D eigenvalue weighted by molar-refractivity contribution is -0.116. The van der Waals surface area contributed by atoms with Crippen LogP contribution in [0.15, 0.2) is 5.17 Å². The summed E-state index contributed by atoms with van der Waals surface area (Å²) in [4.78, 5) is 11.2. The highest BCUT2D eigenvalue weighted by molar-refractivity contribution is 14.2. The van der Waals surface area contributed by atoms with Gasteiger partial charge in [0, 0.05) is 6.54 Å². The molecule has 0 spiro atoms. The molecule has 0 radical (unpaired) electrons. The van der Waals surface area contributed by atoms with Gasteiger partial charge in [-0.1, -0.05) is 6.92 Å². The van der Waals surface area contributed by atoms with Crippen molar-refractivity contribution < 1.29 is 4.79 Å². The van der Waals surface area contributed by atoms with Crippen LogP contribution < -0.4 is 5.32 Å². The number of carbonyl (C=O) groups excluding carboxylic acids is 1. The highest BCUT2D eigenvalue weighted by Crippen LogP contribution is 2.24. The summed E-state index contributed by atoms with van der Waals surface area (Å²) in [6, 6.07) is 0. The number of hydrogen-bond acceptors (Lipinski definition) is 1. The zero-order valence-corrected chi connectivity index (χ0v) is 12.4. The summed E-state index contributed by atoms with van der Waals surface area (Å²) in [5, 5.41) is 2.80. The van der Waals surface area contributed by atoms with E-state index in [1.807, 2.05) is 29.5 Å². The molecule has 0 atom stereocenters. The lowest BCUT2D eigenvalue weighted by Crippen LogP contribution is -2.23. The maximum Gasteiger partial charge on any atom is 0.259 e. The van der Waals surface area contributed by atoms with Crippen molar-refractivity contribution in [3.05, 3.63) is 5.17 Å². The first-order chi connectivity index (χ1) is 5.09. The SMILES string of the molecule is CCCNC(=O)C(I)=C(I)I. The molecule has 0 aromatic rings. The van der Waals surface area contributed by atoms with Crippen LogP contribution in [0.1, 0.15) is 13.3 Å². The number of hydrogen-bond donors (Lipinski definition) is 1. The molecule has 0 aromatic carbocycles. The van der Waals surface area contributed by atoms with Crippen LogP contribution >= 0.6 is 67.8 Å². The summed E-state index contributed by atoms with van der Waals surface area (Å²) in [7, 11) is 0. The van der Waals surface area contributed by atoms with Crippen molar-refractivity contribution in [1.29, 1.82) is 0 Å². The second-order valence-electron chi connectivity index (χ2n) is 1.83. The molecule has 5 heteroatoms. The van der Waals surface area contributed by atoms with Crippen LogP contribution in [0, 0.1) is 0 Å². The van der Waals surface area contributed by atoms with Crippen molar-refractivity contribution in [3.63, 3.8) is 0 Å². The van der Waals surface area contributed by atoms with E-state index in [0.29, 0.717) is 0 Å². The third-order valence-electron chi connectivity index (χ3n) is 0.901. The average molecular weight is 491 g/mol. The van der Waals surface area contributed by atoms with E-state index >= 15 is 0 Å². The van der Waals surface area contributed by atoms with Crippen LogP contribution in [-0.2, 0) is 4.79 Å². The molecular weight excluding hydrogens is 483 g/mol. The predicted octanol–water partition coefficient (Wildman–Crippen LogP) is 2.99. The van der Waals surface area contributed by atoms with Crippen LogP contribution in [0.2, 0.25) is 0 Å². The molecule has 0 aliphatic rings. The Labute approximate surface area is 107 Å². The summed E-state index contributed by atoms with van der Waals surface area (Å²) >= 11 is 6.32. The van der Waals surface area contributed by atoms with E-state index in [1.54, 1.807) is 0 Å². The molecule has 0 aliphatic heterocycles. The molecule has 11 heavy (non-hydrogen) atoms. The zero-order chi connectivity index (χ0) is 8.85. The van der Waals surface area contributed by atoms with Crippen molar-refractivity contribution in [2.45, 2.75) is 13.3 Å². The molecule has 0 aromatic heterocycles. The van der Waals surface area contributed by atoms with Gasteiger partial charge in [0.25, 0.3) is 5.91 Å². The van der Waals surface area contributed by atoms with Gasteiger partial charge in [-0.05, 0) is 74.2 Å². The zero-order valence-electron chi connectivity index (χ0n) is 5.96. The minimum absolute atomic E-state index is 0.0336. The Bertz CT molecular complexity index is 175. The van der Waals surface area contributed by atoms with E-state index in [9.17, 15) is 4.79 Å². The van der Waals surface area contributed by atoms with Gasteiger partial charge in [0.2, 0.25) is 0 Å². The maximum atomic E-state index is 11.2. The van der Waals surface area contributed by atoms with Gasteiger partial charge in [0.05, 0.1) is 5.17 Å². The van der Waals surface area contributed by atoms with Crippen molar-refractivity contribution in [2.24, 2.45) is 0 Å². The Morgan fingerprint density at radius 2 is 1.91 bits per heavy atom. The summed E-state index contributed by atoms with van der Waals surface area (Å²) < 4.78 is 1.78. The smallest absolute Gasteiger partial charge is 0.259 e. The highest BCUT2D eigenvalue weighted by Gasteiger charge is 2.06. The van der Waals surface area contributed by atoms with E-state index < -0.39 is 0 Å². The van der Waals surface area contributed by atoms with Gasteiger partial charge in [-0.2, -0.15) is 0 Å². The molecule has 0 saturated carbocycles. The van der Waals surface area contributed by atoms with Gasteiger partial charge in [0.1, 0.15) is 0 Å². The Morgan fingerprint density at radius 1 is 1.36 bits per heavy atom. The summed E-state index contributed by atoms with van der Waals surface area (Å²) in [5.41, 5.74) is 0. The fraction of sp³-hybridized carbons (Fsp3) is 0.500. The average Bonchev–Trinajstić information content (AvgIpc) is 1.98. The first-order valence-electron chi connectivity index (χ1n) is 3.08. The number of rotatable bonds is 3. The van der Waals surface area contributed by atoms with Crippen LogP contribution in [0.3, 0.4) is 0 Å². The Balaban J connectivity index is 3.95. The normalized spacial score (nSPS) is 9.09. The Hall–Kier alpha value is 1.40. The largest absolute Gasteiger partial charge is 0.352 e. The number of carbonyl (C=O) groups is 1. The van der Waals surface area contributed by atoms with Gasteiger partial charge in [-0.3, -0.25) is 4.79 Å². The Morgan fingerprint density at radius 3 is 2.27 bits per heavy atom. The molecular formula is C6H8I3NO. The molecule has 0 aliphatic carbocycles. The highest BCUT2D eigenvalue weighted by atomic mass is 127. The second-order valence-corrected chi connectivity index (χ2v) is 7.13. The van der Waals surface area contributed by atoms with Gasteiger partial charge >= 0.3 is 0 Å². The van der Waals surface area contributed by atoms with Gasteiger partial charge < -0.3 is 5.32 Å². The van der Waals surface area contributed by atoms with Crippen molar-refractivity contribution >= 4 is 73.7 Å². The van der Waals surface area contributed by atoms with Crippen LogP contribution in [0.4, 0.5) is 0 Å². The number of nitrogens with one attached hydrogen (secondary N) is 1. The number of amides is 1. The quantitative estimate of drug-likeness (QED) is 0.478. The van der Waals surface area contributed by atoms with Crippen LogP contribution in [0.25, 0.3) is 0 Å². The third-order valence-corrected chi connectivity index (χ3v) is 5.07. The van der Waals surface area contributed by atoms with Crippen molar-refractivity contribution in [1.82, 2.24) is 5.32 Å². The van der Waals surface area contributed by atoms with Crippen LogP contribution in [-0.4, -0.2) is 12.5 Å². The Kier molecular flexibility index (Phi) is 7.74. The second kappa shape index (κ2) is 6.87. The first kappa shape index (κ1) is 12.4. The molecule has 0 saturated heterocycles. The van der Waals surface area contributed by atoms with Gasteiger partial charge in [-0.15, -0.1) is 0 Å². The molecule has 0 rings (SSSR count). The van der Waals surface area contributed by atoms with Crippen LogP contribution in [0.5, 0.6) is 0 Å². The molecule has 0 fully saturated rings. The van der Waals surface area contributed by atoms with E-state index in [0.717, 1.165) is 18.1 Å². The molecule has 0 unspecified atom stereocenters. The topological polar surface area (TPSA) is 29.1 Å². The van der Waals surface area contributed by atoms with E-state index in [1.165, 1.54) is 0 Å². The maximum absolute atomic E-state index is 11.2. The van der Waals surface area contributed by atoms with E-state index in [-0.39, 0.29) is 5.91 Å². The third kappa shape index (κ3) is 5.61. The molecule has 2 nitrogen and oxygen atoms in total. The number of halogens is 3. The summed E-state index contributed by atoms with van der Waals surface area (Å²) in [6.07, 6.45) is 0.980. The van der Waals surface area contributed by atoms with E-state index in [2.05, 4.69) is 50.5 Å².